The van der Waals surface area contributed by atoms with Crippen molar-refractivity contribution in [3.63, 3.8) is 0 Å². The van der Waals surface area contributed by atoms with Gasteiger partial charge in [0.05, 0.1) is 22.9 Å². The van der Waals surface area contributed by atoms with Gasteiger partial charge in [0.1, 0.15) is 11.5 Å². The number of ether oxygens (including phenoxy) is 2. The van der Waals surface area contributed by atoms with Gasteiger partial charge >= 0.3 is 0 Å². The summed E-state index contributed by atoms with van der Waals surface area (Å²) >= 11 is 0. The fraction of sp³-hybridized carbons (Fsp3) is 0.235. The van der Waals surface area contributed by atoms with Gasteiger partial charge in [0.2, 0.25) is 0 Å². The number of amides is 1. The molecule has 2 aromatic carbocycles. The molecule has 8 heteroatoms. The van der Waals surface area contributed by atoms with Crippen LogP contribution in [0.1, 0.15) is 13.3 Å². The number of nitrogens with one attached hydrogen (secondary N) is 2. The fourth-order valence-electron chi connectivity index (χ4n) is 2.32. The van der Waals surface area contributed by atoms with Gasteiger partial charge in [0, 0.05) is 0 Å². The van der Waals surface area contributed by atoms with Gasteiger partial charge in [0.25, 0.3) is 15.9 Å². The summed E-state index contributed by atoms with van der Waals surface area (Å²) in [5.41, 5.74) is 0.684. The standard InChI is InChI=1S/C17H18N2O5S/c1-2-9-23-15-6-4-3-5-13(15)19-25(21,22)12-7-8-16-14(10-12)18-17(20)11-24-16/h3-8,10,19H,2,9,11H2,1H3,(H,18,20). The summed E-state index contributed by atoms with van der Waals surface area (Å²) in [6.45, 7) is 2.37. The molecule has 0 atom stereocenters. The van der Waals surface area contributed by atoms with E-state index in [0.29, 0.717) is 29.5 Å². The molecule has 0 saturated carbocycles. The van der Waals surface area contributed by atoms with Gasteiger partial charge < -0.3 is 14.8 Å². The van der Waals surface area contributed by atoms with E-state index in [1.165, 1.54) is 18.2 Å². The van der Waals surface area contributed by atoms with E-state index in [2.05, 4.69) is 10.0 Å². The number of benzene rings is 2. The van der Waals surface area contributed by atoms with Crippen LogP contribution >= 0.6 is 0 Å². The van der Waals surface area contributed by atoms with Crippen LogP contribution in [-0.2, 0) is 14.8 Å². The van der Waals surface area contributed by atoms with Crippen molar-refractivity contribution in [2.75, 3.05) is 23.3 Å². The Morgan fingerprint density at radius 1 is 1.24 bits per heavy atom. The molecule has 7 nitrogen and oxygen atoms in total. The Hall–Kier alpha value is -2.74. The third kappa shape index (κ3) is 3.85. The van der Waals surface area contributed by atoms with Crippen molar-refractivity contribution < 1.29 is 22.7 Å². The van der Waals surface area contributed by atoms with Crippen molar-refractivity contribution in [3.8, 4) is 11.5 Å². The molecule has 0 aliphatic carbocycles. The number of anilines is 2. The van der Waals surface area contributed by atoms with Gasteiger partial charge in [-0.2, -0.15) is 0 Å². The van der Waals surface area contributed by atoms with Crippen molar-refractivity contribution in [2.24, 2.45) is 0 Å². The van der Waals surface area contributed by atoms with Crippen LogP contribution in [0.4, 0.5) is 11.4 Å². The SMILES string of the molecule is CCCOc1ccccc1NS(=O)(=O)c1ccc2c(c1)NC(=O)CO2. The van der Waals surface area contributed by atoms with Gasteiger partial charge in [-0.15, -0.1) is 0 Å². The quantitative estimate of drug-likeness (QED) is 0.824. The van der Waals surface area contributed by atoms with Crippen LogP contribution in [-0.4, -0.2) is 27.5 Å². The van der Waals surface area contributed by atoms with Gasteiger partial charge in [-0.25, -0.2) is 8.42 Å². The van der Waals surface area contributed by atoms with E-state index < -0.39 is 10.0 Å². The first kappa shape index (κ1) is 17.1. The highest BCUT2D eigenvalue weighted by Gasteiger charge is 2.21. The van der Waals surface area contributed by atoms with Crippen molar-refractivity contribution >= 4 is 27.3 Å². The molecule has 0 saturated heterocycles. The summed E-state index contributed by atoms with van der Waals surface area (Å²) in [5.74, 6) is 0.570. The monoisotopic (exact) mass is 362 g/mol. The van der Waals surface area contributed by atoms with Crippen LogP contribution in [0, 0.1) is 0 Å². The maximum Gasteiger partial charge on any atom is 0.262 e. The zero-order chi connectivity index (χ0) is 17.9. The minimum Gasteiger partial charge on any atom is -0.491 e. The third-order valence-corrected chi connectivity index (χ3v) is 4.85. The first-order valence-electron chi connectivity index (χ1n) is 7.81. The van der Waals surface area contributed by atoms with Crippen LogP contribution in [0.3, 0.4) is 0 Å². The number of hydrogen-bond donors (Lipinski definition) is 2. The lowest BCUT2D eigenvalue weighted by Gasteiger charge is -2.19. The molecule has 132 valence electrons. The molecule has 0 aromatic heterocycles. The Balaban J connectivity index is 1.88. The Morgan fingerprint density at radius 2 is 2.04 bits per heavy atom. The van der Waals surface area contributed by atoms with E-state index in [1.54, 1.807) is 24.3 Å². The summed E-state index contributed by atoms with van der Waals surface area (Å²) in [7, 11) is -3.85. The highest BCUT2D eigenvalue weighted by atomic mass is 32.2. The molecule has 1 aliphatic rings. The van der Waals surface area contributed by atoms with Gasteiger partial charge in [-0.3, -0.25) is 9.52 Å². The largest absolute Gasteiger partial charge is 0.491 e. The maximum atomic E-state index is 12.7. The van der Waals surface area contributed by atoms with E-state index in [0.717, 1.165) is 6.42 Å². The van der Waals surface area contributed by atoms with Gasteiger partial charge in [-0.05, 0) is 36.8 Å². The maximum absolute atomic E-state index is 12.7. The molecular weight excluding hydrogens is 344 g/mol. The number of sulfonamides is 1. The second-order valence-corrected chi connectivity index (χ2v) is 7.13. The number of rotatable bonds is 6. The Bertz CT molecular complexity index is 896. The van der Waals surface area contributed by atoms with E-state index in [4.69, 9.17) is 9.47 Å². The molecule has 0 radical (unpaired) electrons. The van der Waals surface area contributed by atoms with Gasteiger partial charge in [-0.1, -0.05) is 19.1 Å². The first-order valence-corrected chi connectivity index (χ1v) is 9.29. The first-order chi connectivity index (χ1) is 12.0. The lowest BCUT2D eigenvalue weighted by atomic mass is 10.2. The van der Waals surface area contributed by atoms with E-state index in [1.807, 2.05) is 6.92 Å². The summed E-state index contributed by atoms with van der Waals surface area (Å²) in [6.07, 6.45) is 0.811. The smallest absolute Gasteiger partial charge is 0.262 e. The zero-order valence-electron chi connectivity index (χ0n) is 13.6. The molecule has 1 aliphatic heterocycles. The van der Waals surface area contributed by atoms with Crippen LogP contribution in [0.2, 0.25) is 0 Å². The van der Waals surface area contributed by atoms with E-state index in [9.17, 15) is 13.2 Å². The zero-order valence-corrected chi connectivity index (χ0v) is 14.4. The van der Waals surface area contributed by atoms with Gasteiger partial charge in [0.15, 0.2) is 6.61 Å². The van der Waals surface area contributed by atoms with E-state index in [-0.39, 0.29) is 17.4 Å². The van der Waals surface area contributed by atoms with Crippen molar-refractivity contribution in [1.29, 1.82) is 0 Å². The normalized spacial score (nSPS) is 13.4. The molecule has 0 fully saturated rings. The Labute approximate surface area is 146 Å². The van der Waals surface area contributed by atoms with Crippen LogP contribution in [0.25, 0.3) is 0 Å². The lowest BCUT2D eigenvalue weighted by Crippen LogP contribution is -2.25. The third-order valence-electron chi connectivity index (χ3n) is 3.49. The number of hydrogen-bond acceptors (Lipinski definition) is 5. The van der Waals surface area contributed by atoms with Crippen LogP contribution in [0.15, 0.2) is 47.4 Å². The van der Waals surface area contributed by atoms with Crippen LogP contribution < -0.4 is 19.5 Å². The average Bonchev–Trinajstić information content (AvgIpc) is 2.60. The molecule has 1 amide bonds. The Kier molecular flexibility index (Phi) is 4.80. The summed E-state index contributed by atoms with van der Waals surface area (Å²) < 4.78 is 38.7. The van der Waals surface area contributed by atoms with Crippen molar-refractivity contribution in [2.45, 2.75) is 18.2 Å². The fourth-order valence-corrected chi connectivity index (χ4v) is 3.42. The second-order valence-electron chi connectivity index (χ2n) is 5.44. The molecular formula is C17H18N2O5S. The molecule has 0 bridgehead atoms. The average molecular weight is 362 g/mol. The second kappa shape index (κ2) is 7.02. The van der Waals surface area contributed by atoms with Crippen LogP contribution in [0.5, 0.6) is 11.5 Å². The molecule has 2 aromatic rings. The number of para-hydroxylation sites is 2. The number of carbonyl (C=O) groups excluding carboxylic acids is 1. The van der Waals surface area contributed by atoms with E-state index >= 15 is 0 Å². The molecule has 0 spiro atoms. The molecule has 3 rings (SSSR count). The minimum absolute atomic E-state index is 0.0161. The molecule has 2 N–H and O–H groups in total. The number of carbonyl (C=O) groups is 1. The molecule has 0 unspecified atom stereocenters. The predicted octanol–water partition coefficient (Wildman–Crippen LogP) is 2.61. The summed E-state index contributed by atoms with van der Waals surface area (Å²) in [6, 6.07) is 11.1. The molecule has 25 heavy (non-hydrogen) atoms. The number of fused-ring (bicyclic) bond motifs is 1. The Morgan fingerprint density at radius 3 is 2.84 bits per heavy atom. The summed E-state index contributed by atoms with van der Waals surface area (Å²) in [5, 5.41) is 2.59. The highest BCUT2D eigenvalue weighted by molar-refractivity contribution is 7.92. The lowest BCUT2D eigenvalue weighted by molar-refractivity contribution is -0.118. The topological polar surface area (TPSA) is 93.7 Å². The highest BCUT2D eigenvalue weighted by Crippen LogP contribution is 2.32. The van der Waals surface area contributed by atoms with Crippen molar-refractivity contribution in [3.05, 3.63) is 42.5 Å². The predicted molar refractivity (Wildman–Crippen MR) is 93.6 cm³/mol. The minimum atomic E-state index is -3.85. The molecule has 1 heterocycles. The summed E-state index contributed by atoms with van der Waals surface area (Å²) in [4.78, 5) is 11.4. The van der Waals surface area contributed by atoms with Crippen molar-refractivity contribution in [1.82, 2.24) is 0 Å².